The second kappa shape index (κ2) is 8.17. The Labute approximate surface area is 133 Å². The number of nitrogens with one attached hydrogen (secondary N) is 1. The molecular weight excluding hydrogens is 309 g/mol. The zero-order valence-electron chi connectivity index (χ0n) is 12.9. The number of carbonyl (C=O) groups is 1. The van der Waals surface area contributed by atoms with Gasteiger partial charge in [-0.3, -0.25) is 4.79 Å². The van der Waals surface area contributed by atoms with Crippen molar-refractivity contribution in [1.82, 2.24) is 10.3 Å². The summed E-state index contributed by atoms with van der Waals surface area (Å²) in [6, 6.07) is 3.05. The Morgan fingerprint density at radius 2 is 2.04 bits per heavy atom. The lowest BCUT2D eigenvalue weighted by atomic mass is 9.87. The van der Waals surface area contributed by atoms with E-state index in [1.165, 1.54) is 31.5 Å². The highest BCUT2D eigenvalue weighted by molar-refractivity contribution is 5.76. The highest BCUT2D eigenvalue weighted by Gasteiger charge is 2.28. The number of nitrogens with zero attached hydrogens (tertiary/aromatic N) is 1. The van der Waals surface area contributed by atoms with Crippen LogP contribution in [0.3, 0.4) is 0 Å². The predicted molar refractivity (Wildman–Crippen MR) is 78.8 cm³/mol. The maximum absolute atomic E-state index is 12.1. The van der Waals surface area contributed by atoms with Crippen molar-refractivity contribution in [3.63, 3.8) is 0 Å². The summed E-state index contributed by atoms with van der Waals surface area (Å²) in [5, 5.41) is 2.80. The molecule has 0 radical (unpaired) electrons. The van der Waals surface area contributed by atoms with Gasteiger partial charge in [-0.2, -0.15) is 13.2 Å². The van der Waals surface area contributed by atoms with Crippen LogP contribution < -0.4 is 10.1 Å². The van der Waals surface area contributed by atoms with Crippen molar-refractivity contribution in [2.45, 2.75) is 51.2 Å². The molecule has 1 aliphatic carbocycles. The Morgan fingerprint density at radius 1 is 1.30 bits per heavy atom. The number of carbonyl (C=O) groups excluding carboxylic acids is 1. The molecule has 1 N–H and O–H groups in total. The molecule has 4 nitrogen and oxygen atoms in total. The zero-order valence-corrected chi connectivity index (χ0v) is 12.9. The molecule has 7 heteroatoms. The van der Waals surface area contributed by atoms with Gasteiger partial charge in [-0.15, -0.1) is 0 Å². The molecule has 1 aromatic rings. The van der Waals surface area contributed by atoms with Crippen LogP contribution in [0.5, 0.6) is 5.88 Å². The number of halogens is 3. The summed E-state index contributed by atoms with van der Waals surface area (Å²) in [6.07, 6.45) is 3.29. The van der Waals surface area contributed by atoms with Crippen molar-refractivity contribution in [3.8, 4) is 5.88 Å². The number of rotatable bonds is 6. The van der Waals surface area contributed by atoms with E-state index in [2.05, 4.69) is 15.0 Å². The van der Waals surface area contributed by atoms with E-state index in [0.29, 0.717) is 17.9 Å². The zero-order chi connectivity index (χ0) is 16.7. The number of ether oxygens (including phenoxy) is 1. The smallest absolute Gasteiger partial charge is 0.422 e. The van der Waals surface area contributed by atoms with Gasteiger partial charge in [0.25, 0.3) is 0 Å². The Balaban J connectivity index is 1.77. The second-order valence-electron chi connectivity index (χ2n) is 5.89. The molecule has 1 amide bonds. The molecule has 0 aromatic carbocycles. The first-order chi connectivity index (χ1) is 10.9. The fourth-order valence-corrected chi connectivity index (χ4v) is 2.72. The molecule has 0 atom stereocenters. The monoisotopic (exact) mass is 330 g/mol. The summed E-state index contributed by atoms with van der Waals surface area (Å²) in [6.45, 7) is -1.12. The molecule has 23 heavy (non-hydrogen) atoms. The quantitative estimate of drug-likeness (QED) is 0.867. The standard InChI is InChI=1S/C16H21F3N2O2/c17-16(18,19)11-23-15-9-13(6-7-20-15)10-21-14(22)8-12-4-2-1-3-5-12/h6-7,9,12H,1-5,8,10-11H2,(H,21,22). The lowest BCUT2D eigenvalue weighted by Crippen LogP contribution is -2.26. The molecule has 1 saturated carbocycles. The maximum atomic E-state index is 12.1. The third-order valence-corrected chi connectivity index (χ3v) is 3.87. The van der Waals surface area contributed by atoms with Crippen LogP contribution in [0.25, 0.3) is 0 Å². The van der Waals surface area contributed by atoms with E-state index in [-0.39, 0.29) is 18.3 Å². The predicted octanol–water partition coefficient (Wildman–Crippen LogP) is 3.61. The fourth-order valence-electron chi connectivity index (χ4n) is 2.72. The van der Waals surface area contributed by atoms with E-state index >= 15 is 0 Å². The third kappa shape index (κ3) is 6.88. The molecule has 0 saturated heterocycles. The molecular formula is C16H21F3N2O2. The van der Waals surface area contributed by atoms with Gasteiger partial charge in [0.2, 0.25) is 11.8 Å². The molecule has 1 fully saturated rings. The van der Waals surface area contributed by atoms with Crippen molar-refractivity contribution in [2.75, 3.05) is 6.61 Å². The molecule has 0 bridgehead atoms. The number of alkyl halides is 3. The number of amides is 1. The van der Waals surface area contributed by atoms with Gasteiger partial charge >= 0.3 is 6.18 Å². The molecule has 1 aromatic heterocycles. The first-order valence-corrected chi connectivity index (χ1v) is 7.83. The van der Waals surface area contributed by atoms with Crippen LogP contribution in [0.15, 0.2) is 18.3 Å². The Morgan fingerprint density at radius 3 is 2.74 bits per heavy atom. The second-order valence-corrected chi connectivity index (χ2v) is 5.89. The summed E-state index contributed by atoms with van der Waals surface area (Å²) in [7, 11) is 0. The van der Waals surface area contributed by atoms with Crippen LogP contribution in [0.1, 0.15) is 44.1 Å². The van der Waals surface area contributed by atoms with E-state index < -0.39 is 12.8 Å². The number of hydrogen-bond donors (Lipinski definition) is 1. The number of hydrogen-bond acceptors (Lipinski definition) is 3. The van der Waals surface area contributed by atoms with Crippen molar-refractivity contribution < 1.29 is 22.7 Å². The van der Waals surface area contributed by atoms with Crippen molar-refractivity contribution in [1.29, 1.82) is 0 Å². The Hall–Kier alpha value is -1.79. The van der Waals surface area contributed by atoms with Gasteiger partial charge in [0.05, 0.1) is 0 Å². The van der Waals surface area contributed by atoms with E-state index in [1.54, 1.807) is 6.07 Å². The minimum atomic E-state index is -4.40. The summed E-state index contributed by atoms with van der Waals surface area (Å²) in [5.41, 5.74) is 0.661. The largest absolute Gasteiger partial charge is 0.468 e. The van der Waals surface area contributed by atoms with Gasteiger partial charge in [-0.05, 0) is 30.4 Å². The molecule has 128 valence electrons. The SMILES string of the molecule is O=C(CC1CCCCC1)NCc1ccnc(OCC(F)(F)F)c1. The Bertz CT molecular complexity index is 514. The van der Waals surface area contributed by atoms with E-state index in [0.717, 1.165) is 12.8 Å². The van der Waals surface area contributed by atoms with Gasteiger partial charge in [0.1, 0.15) is 0 Å². The summed E-state index contributed by atoms with van der Waals surface area (Å²) >= 11 is 0. The third-order valence-electron chi connectivity index (χ3n) is 3.87. The van der Waals surface area contributed by atoms with Crippen LogP contribution in [0.4, 0.5) is 13.2 Å². The van der Waals surface area contributed by atoms with Crippen LogP contribution in [0, 0.1) is 5.92 Å². The lowest BCUT2D eigenvalue weighted by molar-refractivity contribution is -0.154. The number of pyridine rings is 1. The normalized spacial score (nSPS) is 16.1. The lowest BCUT2D eigenvalue weighted by Gasteiger charge is -2.20. The van der Waals surface area contributed by atoms with Gasteiger partial charge in [-0.1, -0.05) is 19.3 Å². The van der Waals surface area contributed by atoms with Gasteiger partial charge in [0, 0.05) is 25.2 Å². The minimum Gasteiger partial charge on any atom is -0.468 e. The van der Waals surface area contributed by atoms with Crippen LogP contribution in [-0.4, -0.2) is 23.7 Å². The molecule has 1 heterocycles. The van der Waals surface area contributed by atoms with E-state index in [9.17, 15) is 18.0 Å². The minimum absolute atomic E-state index is 0.0218. The van der Waals surface area contributed by atoms with E-state index in [1.807, 2.05) is 0 Å². The molecule has 1 aliphatic rings. The molecule has 2 rings (SSSR count). The average Bonchev–Trinajstić information content (AvgIpc) is 2.52. The summed E-state index contributed by atoms with van der Waals surface area (Å²) < 4.78 is 40.9. The van der Waals surface area contributed by atoms with Crippen LogP contribution >= 0.6 is 0 Å². The first kappa shape index (κ1) is 17.6. The topological polar surface area (TPSA) is 51.2 Å². The molecule has 0 aliphatic heterocycles. The van der Waals surface area contributed by atoms with Crippen molar-refractivity contribution in [3.05, 3.63) is 23.9 Å². The van der Waals surface area contributed by atoms with Crippen molar-refractivity contribution in [2.24, 2.45) is 5.92 Å². The average molecular weight is 330 g/mol. The van der Waals surface area contributed by atoms with Gasteiger partial charge in [-0.25, -0.2) is 4.98 Å². The highest BCUT2D eigenvalue weighted by Crippen LogP contribution is 2.26. The molecule has 0 spiro atoms. The maximum Gasteiger partial charge on any atom is 0.422 e. The first-order valence-electron chi connectivity index (χ1n) is 7.83. The summed E-state index contributed by atoms with van der Waals surface area (Å²) in [4.78, 5) is 15.6. The Kier molecular flexibility index (Phi) is 6.24. The number of aromatic nitrogens is 1. The highest BCUT2D eigenvalue weighted by atomic mass is 19.4. The summed E-state index contributed by atoms with van der Waals surface area (Å²) in [5.74, 6) is 0.333. The van der Waals surface area contributed by atoms with E-state index in [4.69, 9.17) is 0 Å². The van der Waals surface area contributed by atoms with Gasteiger partial charge in [0.15, 0.2) is 6.61 Å². The van der Waals surface area contributed by atoms with Crippen molar-refractivity contribution >= 4 is 5.91 Å². The van der Waals surface area contributed by atoms with Crippen LogP contribution in [-0.2, 0) is 11.3 Å². The van der Waals surface area contributed by atoms with Gasteiger partial charge < -0.3 is 10.1 Å². The fraction of sp³-hybridized carbons (Fsp3) is 0.625. The molecule has 0 unspecified atom stereocenters. The van der Waals surface area contributed by atoms with Crippen LogP contribution in [0.2, 0.25) is 0 Å².